The standard InChI is InChI=1S/C20H18ClN3O3S/c21-15-6-2-1-5-14(15)19-9-10-24(11-12-28(19,26)27)20(25)18-13-22-16-7-3-4-8-17(16)23-18/h1-8,13,19H,9-12H2/t19-/m0/s1. The summed E-state index contributed by atoms with van der Waals surface area (Å²) in [7, 11) is -3.43. The van der Waals surface area contributed by atoms with Gasteiger partial charge < -0.3 is 4.90 Å². The Kier molecular flexibility index (Phi) is 5.03. The number of carbonyl (C=O) groups excluding carboxylic acids is 1. The highest BCUT2D eigenvalue weighted by atomic mass is 35.5. The molecular weight excluding hydrogens is 398 g/mol. The van der Waals surface area contributed by atoms with E-state index in [-0.39, 0.29) is 23.9 Å². The highest BCUT2D eigenvalue weighted by Gasteiger charge is 2.34. The Bertz CT molecular complexity index is 1150. The second kappa shape index (κ2) is 7.48. The van der Waals surface area contributed by atoms with Gasteiger partial charge in [-0.15, -0.1) is 0 Å². The highest BCUT2D eigenvalue weighted by molar-refractivity contribution is 7.91. The number of nitrogens with zero attached hydrogens (tertiary/aromatic N) is 3. The zero-order valence-electron chi connectivity index (χ0n) is 15.0. The van der Waals surface area contributed by atoms with Crippen LogP contribution >= 0.6 is 11.6 Å². The number of para-hydroxylation sites is 2. The monoisotopic (exact) mass is 415 g/mol. The van der Waals surface area contributed by atoms with Crippen molar-refractivity contribution in [2.75, 3.05) is 18.8 Å². The van der Waals surface area contributed by atoms with E-state index in [1.54, 1.807) is 30.3 Å². The molecule has 2 heterocycles. The van der Waals surface area contributed by atoms with Gasteiger partial charge in [-0.1, -0.05) is 41.9 Å². The lowest BCUT2D eigenvalue weighted by atomic mass is 10.1. The van der Waals surface area contributed by atoms with Gasteiger partial charge in [0.15, 0.2) is 9.84 Å². The first-order chi connectivity index (χ1) is 13.5. The zero-order chi connectivity index (χ0) is 19.7. The van der Waals surface area contributed by atoms with Gasteiger partial charge in [-0.05, 0) is 30.2 Å². The molecule has 1 atom stereocenters. The summed E-state index contributed by atoms with van der Waals surface area (Å²) in [5.41, 5.74) is 2.14. The molecule has 0 radical (unpaired) electrons. The Morgan fingerprint density at radius 3 is 2.54 bits per heavy atom. The van der Waals surface area contributed by atoms with Crippen LogP contribution in [0, 0.1) is 0 Å². The maximum absolute atomic E-state index is 12.9. The molecule has 144 valence electrons. The van der Waals surface area contributed by atoms with Crippen molar-refractivity contribution in [1.82, 2.24) is 14.9 Å². The number of amides is 1. The SMILES string of the molecule is O=C(c1cnc2ccccc2n1)N1CC[C@@H](c2ccccc2Cl)S(=O)(=O)CC1. The predicted molar refractivity (Wildman–Crippen MR) is 108 cm³/mol. The molecule has 1 saturated heterocycles. The molecule has 0 spiro atoms. The van der Waals surface area contributed by atoms with E-state index >= 15 is 0 Å². The Morgan fingerprint density at radius 1 is 1.04 bits per heavy atom. The van der Waals surface area contributed by atoms with Crippen LogP contribution < -0.4 is 0 Å². The fourth-order valence-corrected chi connectivity index (χ4v) is 5.60. The van der Waals surface area contributed by atoms with E-state index in [1.165, 1.54) is 11.1 Å². The van der Waals surface area contributed by atoms with E-state index in [0.29, 0.717) is 34.6 Å². The van der Waals surface area contributed by atoms with E-state index in [4.69, 9.17) is 11.6 Å². The third-order valence-corrected chi connectivity index (χ3v) is 7.40. The summed E-state index contributed by atoms with van der Waals surface area (Å²) >= 11 is 6.23. The quantitative estimate of drug-likeness (QED) is 0.641. The summed E-state index contributed by atoms with van der Waals surface area (Å²) in [6.07, 6.45) is 1.73. The van der Waals surface area contributed by atoms with E-state index in [9.17, 15) is 13.2 Å². The number of halogens is 1. The van der Waals surface area contributed by atoms with Crippen molar-refractivity contribution in [1.29, 1.82) is 0 Å². The van der Waals surface area contributed by atoms with Crippen LogP contribution in [0.15, 0.2) is 54.7 Å². The lowest BCUT2D eigenvalue weighted by molar-refractivity contribution is 0.0760. The lowest BCUT2D eigenvalue weighted by Crippen LogP contribution is -2.34. The molecular formula is C20H18ClN3O3S. The highest BCUT2D eigenvalue weighted by Crippen LogP contribution is 2.34. The maximum atomic E-state index is 12.9. The summed E-state index contributed by atoms with van der Waals surface area (Å²) in [6.45, 7) is 0.430. The minimum Gasteiger partial charge on any atom is -0.336 e. The second-order valence-corrected chi connectivity index (χ2v) is 9.41. The first-order valence-corrected chi connectivity index (χ1v) is 11.0. The Hall–Kier alpha value is -2.51. The molecule has 1 aliphatic rings. The number of hydrogen-bond donors (Lipinski definition) is 0. The van der Waals surface area contributed by atoms with Crippen LogP contribution in [0.4, 0.5) is 0 Å². The molecule has 0 unspecified atom stereocenters. The van der Waals surface area contributed by atoms with E-state index < -0.39 is 15.1 Å². The Morgan fingerprint density at radius 2 is 1.75 bits per heavy atom. The van der Waals surface area contributed by atoms with Crippen molar-refractivity contribution >= 4 is 38.4 Å². The smallest absolute Gasteiger partial charge is 0.274 e. The molecule has 1 aliphatic heterocycles. The van der Waals surface area contributed by atoms with Crippen molar-refractivity contribution in [3.63, 3.8) is 0 Å². The van der Waals surface area contributed by atoms with Gasteiger partial charge in [-0.3, -0.25) is 9.78 Å². The Labute approximate surface area is 168 Å². The molecule has 0 aliphatic carbocycles. The van der Waals surface area contributed by atoms with Crippen LogP contribution in [-0.4, -0.2) is 48.0 Å². The van der Waals surface area contributed by atoms with Gasteiger partial charge in [0.05, 0.1) is 28.2 Å². The summed E-state index contributed by atoms with van der Waals surface area (Å²) in [4.78, 5) is 23.1. The molecule has 4 rings (SSSR count). The molecule has 6 nitrogen and oxygen atoms in total. The van der Waals surface area contributed by atoms with Gasteiger partial charge in [-0.25, -0.2) is 13.4 Å². The first-order valence-electron chi connectivity index (χ1n) is 8.93. The molecule has 3 aromatic rings. The van der Waals surface area contributed by atoms with Crippen molar-refractivity contribution in [2.24, 2.45) is 0 Å². The van der Waals surface area contributed by atoms with Crippen LogP contribution in [0.3, 0.4) is 0 Å². The van der Waals surface area contributed by atoms with Crippen LogP contribution in [0.2, 0.25) is 5.02 Å². The molecule has 0 N–H and O–H groups in total. The van der Waals surface area contributed by atoms with Crippen molar-refractivity contribution in [2.45, 2.75) is 11.7 Å². The zero-order valence-corrected chi connectivity index (χ0v) is 16.5. The Balaban J connectivity index is 1.60. The molecule has 1 fully saturated rings. The van der Waals surface area contributed by atoms with Crippen molar-refractivity contribution in [3.8, 4) is 0 Å². The van der Waals surface area contributed by atoms with Crippen molar-refractivity contribution < 1.29 is 13.2 Å². The fraction of sp³-hybridized carbons (Fsp3) is 0.250. The largest absolute Gasteiger partial charge is 0.336 e. The molecule has 1 amide bonds. The van der Waals surface area contributed by atoms with Crippen LogP contribution in [0.25, 0.3) is 11.0 Å². The number of hydrogen-bond acceptors (Lipinski definition) is 5. The topological polar surface area (TPSA) is 80.2 Å². The number of benzene rings is 2. The van der Waals surface area contributed by atoms with E-state index in [1.807, 2.05) is 18.2 Å². The van der Waals surface area contributed by atoms with Gasteiger partial charge in [0.25, 0.3) is 5.91 Å². The number of aromatic nitrogens is 2. The normalized spacial score (nSPS) is 19.3. The molecule has 0 bridgehead atoms. The molecule has 0 saturated carbocycles. The minimum absolute atomic E-state index is 0.115. The van der Waals surface area contributed by atoms with Gasteiger partial charge in [0.2, 0.25) is 0 Å². The molecule has 1 aromatic heterocycles. The summed E-state index contributed by atoms with van der Waals surface area (Å²) in [5, 5.41) is -0.294. The molecule has 2 aromatic carbocycles. The number of carbonyl (C=O) groups is 1. The van der Waals surface area contributed by atoms with Gasteiger partial charge in [0.1, 0.15) is 5.69 Å². The third-order valence-electron chi connectivity index (χ3n) is 4.95. The van der Waals surface area contributed by atoms with Gasteiger partial charge in [-0.2, -0.15) is 0 Å². The lowest BCUT2D eigenvalue weighted by Gasteiger charge is -2.19. The van der Waals surface area contributed by atoms with Gasteiger partial charge in [0, 0.05) is 18.1 Å². The van der Waals surface area contributed by atoms with Gasteiger partial charge >= 0.3 is 0 Å². The average Bonchev–Trinajstić information content (AvgIpc) is 2.85. The first kappa shape index (κ1) is 18.8. The predicted octanol–water partition coefficient (Wildman–Crippen LogP) is 3.29. The summed E-state index contributed by atoms with van der Waals surface area (Å²) in [5.74, 6) is -0.427. The van der Waals surface area contributed by atoms with Crippen molar-refractivity contribution in [3.05, 3.63) is 71.0 Å². The number of sulfone groups is 1. The fourth-order valence-electron chi connectivity index (χ4n) is 3.45. The number of rotatable bonds is 2. The van der Waals surface area contributed by atoms with E-state index in [2.05, 4.69) is 9.97 Å². The summed E-state index contributed by atoms with van der Waals surface area (Å²) < 4.78 is 25.6. The molecule has 8 heteroatoms. The summed E-state index contributed by atoms with van der Waals surface area (Å²) in [6, 6.07) is 14.3. The average molecular weight is 416 g/mol. The minimum atomic E-state index is -3.43. The van der Waals surface area contributed by atoms with E-state index in [0.717, 1.165) is 0 Å². The van der Waals surface area contributed by atoms with Crippen LogP contribution in [0.5, 0.6) is 0 Å². The van der Waals surface area contributed by atoms with Crippen LogP contribution in [-0.2, 0) is 9.84 Å². The molecule has 28 heavy (non-hydrogen) atoms. The third kappa shape index (κ3) is 3.59. The second-order valence-electron chi connectivity index (χ2n) is 6.70. The number of fused-ring (bicyclic) bond motifs is 1. The maximum Gasteiger partial charge on any atom is 0.274 e. The van der Waals surface area contributed by atoms with Crippen LogP contribution in [0.1, 0.15) is 27.7 Å².